The molecule has 1 saturated heterocycles. The van der Waals surface area contributed by atoms with Gasteiger partial charge in [-0.25, -0.2) is 9.97 Å². The fraction of sp³-hybridized carbons (Fsp3) is 0.389. The predicted molar refractivity (Wildman–Crippen MR) is 96.8 cm³/mol. The van der Waals surface area contributed by atoms with Crippen LogP contribution >= 0.6 is 0 Å². The Kier molecular flexibility index (Phi) is 5.73. The average Bonchev–Trinajstić information content (AvgIpc) is 2.72. The van der Waals surface area contributed by atoms with Gasteiger partial charge in [0.15, 0.2) is 0 Å². The minimum Gasteiger partial charge on any atom is -0.344 e. The van der Waals surface area contributed by atoms with E-state index >= 15 is 0 Å². The molecule has 2 aromatic heterocycles. The van der Waals surface area contributed by atoms with Crippen LogP contribution in [0.1, 0.15) is 16.1 Å². The SMILES string of the molecule is CN(CCc1ccncc1)c1nccc(C(=O)N2CCN(C=O)CC2)n1. The summed E-state index contributed by atoms with van der Waals surface area (Å²) in [4.78, 5) is 41.5. The largest absolute Gasteiger partial charge is 0.344 e. The van der Waals surface area contributed by atoms with Crippen molar-refractivity contribution < 1.29 is 9.59 Å². The van der Waals surface area contributed by atoms with Crippen molar-refractivity contribution in [2.75, 3.05) is 44.7 Å². The highest BCUT2D eigenvalue weighted by molar-refractivity contribution is 5.92. The zero-order valence-corrected chi connectivity index (χ0v) is 14.8. The van der Waals surface area contributed by atoms with Crippen molar-refractivity contribution in [3.63, 3.8) is 0 Å². The summed E-state index contributed by atoms with van der Waals surface area (Å²) in [7, 11) is 1.91. The van der Waals surface area contributed by atoms with Crippen LogP contribution in [0.3, 0.4) is 0 Å². The van der Waals surface area contributed by atoms with E-state index in [0.29, 0.717) is 37.8 Å². The van der Waals surface area contributed by atoms with E-state index in [1.807, 2.05) is 24.1 Å². The smallest absolute Gasteiger partial charge is 0.272 e. The number of nitrogens with zero attached hydrogens (tertiary/aromatic N) is 6. The van der Waals surface area contributed by atoms with Crippen LogP contribution in [0.15, 0.2) is 36.8 Å². The lowest BCUT2D eigenvalue weighted by Crippen LogP contribution is -2.48. The van der Waals surface area contributed by atoms with Crippen LogP contribution in [0, 0.1) is 0 Å². The molecule has 0 spiro atoms. The van der Waals surface area contributed by atoms with E-state index in [2.05, 4.69) is 15.0 Å². The summed E-state index contributed by atoms with van der Waals surface area (Å²) in [6.45, 7) is 2.89. The van der Waals surface area contributed by atoms with Gasteiger partial charge in [-0.3, -0.25) is 14.6 Å². The van der Waals surface area contributed by atoms with E-state index in [-0.39, 0.29) is 5.91 Å². The number of rotatable bonds is 6. The third-order valence-corrected chi connectivity index (χ3v) is 4.44. The second-order valence-corrected chi connectivity index (χ2v) is 6.20. The van der Waals surface area contributed by atoms with E-state index in [1.165, 1.54) is 5.56 Å². The van der Waals surface area contributed by atoms with Crippen LogP contribution in [-0.2, 0) is 11.2 Å². The molecule has 0 aliphatic carbocycles. The number of piperazine rings is 1. The highest BCUT2D eigenvalue weighted by Gasteiger charge is 2.22. The molecular formula is C18H22N6O2. The van der Waals surface area contributed by atoms with Crippen LogP contribution in [0.2, 0.25) is 0 Å². The maximum atomic E-state index is 12.7. The zero-order valence-electron chi connectivity index (χ0n) is 14.8. The van der Waals surface area contributed by atoms with Crippen LogP contribution in [0.25, 0.3) is 0 Å². The number of carbonyl (C=O) groups is 2. The number of hydrogen-bond acceptors (Lipinski definition) is 6. The molecule has 1 aliphatic heterocycles. The number of anilines is 1. The predicted octanol–water partition coefficient (Wildman–Crippen LogP) is 0.465. The molecule has 0 bridgehead atoms. The standard InChI is InChI=1S/C18H22N6O2/c1-22(9-5-15-2-6-19-7-3-15)18-20-8-4-16(21-18)17(26)24-12-10-23(14-25)11-13-24/h2-4,6-8,14H,5,9-13H2,1H3. The Morgan fingerprint density at radius 1 is 1.15 bits per heavy atom. The topological polar surface area (TPSA) is 82.5 Å². The highest BCUT2D eigenvalue weighted by atomic mass is 16.2. The minimum absolute atomic E-state index is 0.123. The Balaban J connectivity index is 1.62. The van der Waals surface area contributed by atoms with Gasteiger partial charge in [0.25, 0.3) is 5.91 Å². The molecule has 2 amide bonds. The highest BCUT2D eigenvalue weighted by Crippen LogP contribution is 2.11. The first kappa shape index (κ1) is 17.8. The Morgan fingerprint density at radius 3 is 2.58 bits per heavy atom. The number of pyridine rings is 1. The molecule has 0 atom stereocenters. The molecule has 136 valence electrons. The van der Waals surface area contributed by atoms with Gasteiger partial charge in [0.1, 0.15) is 5.69 Å². The van der Waals surface area contributed by atoms with Gasteiger partial charge >= 0.3 is 0 Å². The van der Waals surface area contributed by atoms with Crippen molar-refractivity contribution in [2.45, 2.75) is 6.42 Å². The number of aromatic nitrogens is 3. The molecule has 26 heavy (non-hydrogen) atoms. The lowest BCUT2D eigenvalue weighted by molar-refractivity contribution is -0.119. The lowest BCUT2D eigenvalue weighted by atomic mass is 10.2. The van der Waals surface area contributed by atoms with Crippen molar-refractivity contribution in [3.05, 3.63) is 48.0 Å². The second kappa shape index (κ2) is 8.37. The van der Waals surface area contributed by atoms with Gasteiger partial charge in [0.05, 0.1) is 0 Å². The van der Waals surface area contributed by atoms with E-state index in [9.17, 15) is 9.59 Å². The molecule has 0 saturated carbocycles. The number of likely N-dealkylation sites (N-methyl/N-ethyl adjacent to an activating group) is 1. The van der Waals surface area contributed by atoms with Crippen LogP contribution < -0.4 is 4.90 Å². The van der Waals surface area contributed by atoms with Gasteiger partial charge in [-0.05, 0) is 30.2 Å². The van der Waals surface area contributed by atoms with Crippen molar-refractivity contribution in [2.24, 2.45) is 0 Å². The summed E-state index contributed by atoms with van der Waals surface area (Å²) >= 11 is 0. The normalized spacial score (nSPS) is 14.2. The first-order valence-corrected chi connectivity index (χ1v) is 8.59. The van der Waals surface area contributed by atoms with Crippen molar-refractivity contribution in [3.8, 4) is 0 Å². The molecule has 0 radical (unpaired) electrons. The Hall–Kier alpha value is -3.03. The molecule has 3 rings (SSSR count). The average molecular weight is 354 g/mol. The molecule has 0 unspecified atom stereocenters. The first-order chi connectivity index (χ1) is 12.7. The summed E-state index contributed by atoms with van der Waals surface area (Å²) in [5.41, 5.74) is 1.57. The summed E-state index contributed by atoms with van der Waals surface area (Å²) in [6.07, 6.45) is 6.82. The summed E-state index contributed by atoms with van der Waals surface area (Å²) in [5, 5.41) is 0. The lowest BCUT2D eigenvalue weighted by Gasteiger charge is -2.32. The summed E-state index contributed by atoms with van der Waals surface area (Å²) < 4.78 is 0. The van der Waals surface area contributed by atoms with E-state index in [4.69, 9.17) is 0 Å². The molecule has 0 aromatic carbocycles. The van der Waals surface area contributed by atoms with Gasteiger partial charge in [0.2, 0.25) is 12.4 Å². The van der Waals surface area contributed by atoms with Gasteiger partial charge < -0.3 is 14.7 Å². The first-order valence-electron chi connectivity index (χ1n) is 8.59. The van der Waals surface area contributed by atoms with Crippen molar-refractivity contribution in [1.82, 2.24) is 24.8 Å². The van der Waals surface area contributed by atoms with E-state index in [1.54, 1.807) is 34.5 Å². The van der Waals surface area contributed by atoms with E-state index < -0.39 is 0 Å². The van der Waals surface area contributed by atoms with Crippen LogP contribution in [-0.4, -0.2) is 76.8 Å². The second-order valence-electron chi connectivity index (χ2n) is 6.20. The third-order valence-electron chi connectivity index (χ3n) is 4.44. The summed E-state index contributed by atoms with van der Waals surface area (Å²) in [5.74, 6) is 0.401. The van der Waals surface area contributed by atoms with Crippen molar-refractivity contribution >= 4 is 18.3 Å². The Morgan fingerprint density at radius 2 is 1.88 bits per heavy atom. The van der Waals surface area contributed by atoms with Gasteiger partial charge in [-0.15, -0.1) is 0 Å². The van der Waals surface area contributed by atoms with Gasteiger partial charge in [-0.1, -0.05) is 0 Å². The number of carbonyl (C=O) groups excluding carboxylic acids is 2. The fourth-order valence-corrected chi connectivity index (χ4v) is 2.79. The molecular weight excluding hydrogens is 332 g/mol. The van der Waals surface area contributed by atoms with Gasteiger partial charge in [0, 0.05) is 58.4 Å². The number of amides is 2. The van der Waals surface area contributed by atoms with E-state index in [0.717, 1.165) is 19.4 Å². The maximum absolute atomic E-state index is 12.7. The molecule has 1 fully saturated rings. The number of hydrogen-bond donors (Lipinski definition) is 0. The molecule has 0 N–H and O–H groups in total. The maximum Gasteiger partial charge on any atom is 0.272 e. The molecule has 1 aliphatic rings. The van der Waals surface area contributed by atoms with Crippen LogP contribution in [0.5, 0.6) is 0 Å². The van der Waals surface area contributed by atoms with Crippen molar-refractivity contribution in [1.29, 1.82) is 0 Å². The third kappa shape index (κ3) is 4.33. The quantitative estimate of drug-likeness (QED) is 0.701. The monoisotopic (exact) mass is 354 g/mol. The molecule has 3 heterocycles. The molecule has 8 nitrogen and oxygen atoms in total. The molecule has 2 aromatic rings. The molecule has 8 heteroatoms. The Bertz CT molecular complexity index is 746. The Labute approximate surface area is 152 Å². The van der Waals surface area contributed by atoms with Crippen LogP contribution in [0.4, 0.5) is 5.95 Å². The fourth-order valence-electron chi connectivity index (χ4n) is 2.79. The van der Waals surface area contributed by atoms with Gasteiger partial charge in [-0.2, -0.15) is 0 Å². The summed E-state index contributed by atoms with van der Waals surface area (Å²) in [6, 6.07) is 5.59. The zero-order chi connectivity index (χ0) is 18.4. The minimum atomic E-state index is -0.123.